The van der Waals surface area contributed by atoms with Crippen LogP contribution in [-0.2, 0) is 22.6 Å². The van der Waals surface area contributed by atoms with Crippen LogP contribution in [0, 0.1) is 0 Å². The van der Waals surface area contributed by atoms with Crippen LogP contribution in [0.25, 0.3) is 0 Å². The molecule has 2 amide bonds. The number of carbonyl (C=O) groups excluding carboxylic acids is 2. The largest absolute Gasteiger partial charge is 0.490 e. The van der Waals surface area contributed by atoms with Crippen molar-refractivity contribution in [1.29, 1.82) is 0 Å². The zero-order chi connectivity index (χ0) is 17.5. The van der Waals surface area contributed by atoms with Gasteiger partial charge < -0.3 is 25.4 Å². The van der Waals surface area contributed by atoms with Crippen LogP contribution in [0.2, 0.25) is 0 Å². The Morgan fingerprint density at radius 2 is 1.79 bits per heavy atom. The summed E-state index contributed by atoms with van der Waals surface area (Å²) in [6, 6.07) is 3.95. The highest BCUT2D eigenvalue weighted by atomic mass is 16.5. The number of hydrogen-bond donors (Lipinski definition) is 2. The summed E-state index contributed by atoms with van der Waals surface area (Å²) in [6.45, 7) is 5.95. The van der Waals surface area contributed by atoms with Gasteiger partial charge in [0, 0.05) is 13.1 Å². The van der Waals surface area contributed by atoms with Crippen LogP contribution >= 0.6 is 0 Å². The molecule has 1 aliphatic rings. The molecule has 0 bridgehead atoms. The van der Waals surface area contributed by atoms with Gasteiger partial charge in [0.05, 0.1) is 26.3 Å². The third-order valence-corrected chi connectivity index (χ3v) is 3.85. The molecule has 1 aromatic rings. The van der Waals surface area contributed by atoms with Gasteiger partial charge in [-0.3, -0.25) is 9.59 Å². The maximum absolute atomic E-state index is 12.2. The Balaban J connectivity index is 2.10. The van der Waals surface area contributed by atoms with Crippen molar-refractivity contribution in [2.45, 2.75) is 26.8 Å². The first-order valence-electron chi connectivity index (χ1n) is 8.24. The van der Waals surface area contributed by atoms with Crippen LogP contribution in [0.3, 0.4) is 0 Å². The molecule has 0 spiro atoms. The highest BCUT2D eigenvalue weighted by molar-refractivity contribution is 5.85. The molecule has 3 N–H and O–H groups in total. The summed E-state index contributed by atoms with van der Waals surface area (Å²) < 4.78 is 11.3. The zero-order valence-corrected chi connectivity index (χ0v) is 14.3. The number of carbonyl (C=O) groups is 2. The molecule has 132 valence electrons. The van der Waals surface area contributed by atoms with E-state index in [-0.39, 0.29) is 24.9 Å². The first-order valence-corrected chi connectivity index (χ1v) is 8.24. The Morgan fingerprint density at radius 1 is 1.17 bits per heavy atom. The topological polar surface area (TPSA) is 93.9 Å². The summed E-state index contributed by atoms with van der Waals surface area (Å²) in [7, 11) is 0. The number of nitrogens with two attached hydrogens (primary N) is 1. The molecular weight excluding hydrogens is 310 g/mol. The van der Waals surface area contributed by atoms with Gasteiger partial charge in [0.2, 0.25) is 11.8 Å². The summed E-state index contributed by atoms with van der Waals surface area (Å²) >= 11 is 0. The number of nitrogens with zero attached hydrogens (tertiary/aromatic N) is 1. The molecule has 0 fully saturated rings. The average Bonchev–Trinajstić information content (AvgIpc) is 2.59. The second kappa shape index (κ2) is 8.54. The summed E-state index contributed by atoms with van der Waals surface area (Å²) in [5.41, 5.74) is 7.43. The Bertz CT molecular complexity index is 604. The number of nitrogens with one attached hydrogen (secondary N) is 1. The molecule has 0 aliphatic carbocycles. The van der Waals surface area contributed by atoms with Gasteiger partial charge in [-0.2, -0.15) is 0 Å². The smallest absolute Gasteiger partial charge is 0.242 e. The number of ether oxygens (including phenoxy) is 2. The SMILES string of the molecule is CCOc1cc2c(cc1OCC)CN(C(=O)CNC(=O)CN)CC2. The molecule has 1 aromatic carbocycles. The fourth-order valence-electron chi connectivity index (χ4n) is 2.67. The Kier molecular flexibility index (Phi) is 6.43. The number of benzene rings is 1. The predicted molar refractivity (Wildman–Crippen MR) is 90.0 cm³/mol. The predicted octanol–water partition coefficient (Wildman–Crippen LogP) is 0.444. The molecule has 24 heavy (non-hydrogen) atoms. The lowest BCUT2D eigenvalue weighted by Gasteiger charge is -2.30. The first-order chi connectivity index (χ1) is 11.6. The van der Waals surface area contributed by atoms with E-state index in [0.717, 1.165) is 23.3 Å². The molecular formula is C17H25N3O4. The molecule has 2 rings (SSSR count). The highest BCUT2D eigenvalue weighted by Gasteiger charge is 2.23. The summed E-state index contributed by atoms with van der Waals surface area (Å²) in [4.78, 5) is 25.1. The molecule has 0 saturated carbocycles. The van der Waals surface area contributed by atoms with Crippen molar-refractivity contribution in [3.8, 4) is 11.5 Å². The maximum Gasteiger partial charge on any atom is 0.242 e. The molecule has 7 nitrogen and oxygen atoms in total. The second-order valence-corrected chi connectivity index (χ2v) is 5.48. The van der Waals surface area contributed by atoms with Crippen LogP contribution < -0.4 is 20.5 Å². The van der Waals surface area contributed by atoms with Crippen molar-refractivity contribution in [3.05, 3.63) is 23.3 Å². The molecule has 0 aromatic heterocycles. The molecule has 0 radical (unpaired) electrons. The molecule has 0 saturated heterocycles. The van der Waals surface area contributed by atoms with E-state index in [2.05, 4.69) is 5.32 Å². The first kappa shape index (κ1) is 18.1. The van der Waals surface area contributed by atoms with Crippen molar-refractivity contribution in [3.63, 3.8) is 0 Å². The maximum atomic E-state index is 12.2. The van der Waals surface area contributed by atoms with E-state index in [4.69, 9.17) is 15.2 Å². The average molecular weight is 335 g/mol. The van der Waals surface area contributed by atoms with E-state index >= 15 is 0 Å². The lowest BCUT2D eigenvalue weighted by Crippen LogP contribution is -2.43. The zero-order valence-electron chi connectivity index (χ0n) is 14.3. The van der Waals surface area contributed by atoms with E-state index in [9.17, 15) is 9.59 Å². The lowest BCUT2D eigenvalue weighted by molar-refractivity contribution is -0.133. The molecule has 1 heterocycles. The monoisotopic (exact) mass is 335 g/mol. The number of hydrogen-bond acceptors (Lipinski definition) is 5. The summed E-state index contributed by atoms with van der Waals surface area (Å²) in [6.07, 6.45) is 0.748. The van der Waals surface area contributed by atoms with Gasteiger partial charge in [-0.05, 0) is 43.5 Å². The fourth-order valence-corrected chi connectivity index (χ4v) is 2.67. The van der Waals surface area contributed by atoms with Gasteiger partial charge in [-0.25, -0.2) is 0 Å². The number of fused-ring (bicyclic) bond motifs is 1. The second-order valence-electron chi connectivity index (χ2n) is 5.48. The Labute approximate surface area is 142 Å². The molecule has 7 heteroatoms. The Morgan fingerprint density at radius 3 is 2.38 bits per heavy atom. The van der Waals surface area contributed by atoms with Gasteiger partial charge in [0.15, 0.2) is 11.5 Å². The quantitative estimate of drug-likeness (QED) is 0.754. The van der Waals surface area contributed by atoms with Crippen LogP contribution in [0.15, 0.2) is 12.1 Å². The van der Waals surface area contributed by atoms with Gasteiger partial charge in [0.1, 0.15) is 0 Å². The highest BCUT2D eigenvalue weighted by Crippen LogP contribution is 2.33. The van der Waals surface area contributed by atoms with Gasteiger partial charge in [-0.15, -0.1) is 0 Å². The van der Waals surface area contributed by atoms with E-state index < -0.39 is 0 Å². The van der Waals surface area contributed by atoms with Gasteiger partial charge in [-0.1, -0.05) is 0 Å². The van der Waals surface area contributed by atoms with Gasteiger partial charge in [0.25, 0.3) is 0 Å². The van der Waals surface area contributed by atoms with Crippen LogP contribution in [0.1, 0.15) is 25.0 Å². The summed E-state index contributed by atoms with van der Waals surface area (Å²) in [5.74, 6) is 0.993. The van der Waals surface area contributed by atoms with Crippen molar-refractivity contribution < 1.29 is 19.1 Å². The third-order valence-electron chi connectivity index (χ3n) is 3.85. The van der Waals surface area contributed by atoms with Crippen molar-refractivity contribution >= 4 is 11.8 Å². The fraction of sp³-hybridized carbons (Fsp3) is 0.529. The van der Waals surface area contributed by atoms with E-state index in [1.807, 2.05) is 26.0 Å². The number of amides is 2. The normalized spacial score (nSPS) is 13.2. The minimum atomic E-state index is -0.333. The molecule has 0 unspecified atom stereocenters. The lowest BCUT2D eigenvalue weighted by atomic mass is 9.98. The summed E-state index contributed by atoms with van der Waals surface area (Å²) in [5, 5.41) is 2.51. The molecule has 0 atom stereocenters. The van der Waals surface area contributed by atoms with Crippen LogP contribution in [-0.4, -0.2) is 49.6 Å². The van der Waals surface area contributed by atoms with Crippen molar-refractivity contribution in [2.75, 3.05) is 32.8 Å². The van der Waals surface area contributed by atoms with Crippen LogP contribution in [0.4, 0.5) is 0 Å². The number of rotatable bonds is 7. The van der Waals surface area contributed by atoms with Crippen molar-refractivity contribution in [1.82, 2.24) is 10.2 Å². The van der Waals surface area contributed by atoms with Gasteiger partial charge >= 0.3 is 0 Å². The Hall–Kier alpha value is -2.28. The van der Waals surface area contributed by atoms with E-state index in [0.29, 0.717) is 32.1 Å². The third kappa shape index (κ3) is 4.38. The standard InChI is InChI=1S/C17H25N3O4/c1-3-23-14-7-12-5-6-20(17(22)10-19-16(21)9-18)11-13(12)8-15(14)24-4-2/h7-8H,3-6,9-11,18H2,1-2H3,(H,19,21). The van der Waals surface area contributed by atoms with Crippen molar-refractivity contribution in [2.24, 2.45) is 5.73 Å². The minimum absolute atomic E-state index is 0.0271. The van der Waals surface area contributed by atoms with E-state index in [1.54, 1.807) is 4.90 Å². The minimum Gasteiger partial charge on any atom is -0.490 e. The van der Waals surface area contributed by atoms with Crippen LogP contribution in [0.5, 0.6) is 11.5 Å². The molecule has 1 aliphatic heterocycles. The van der Waals surface area contributed by atoms with E-state index in [1.165, 1.54) is 0 Å².